The van der Waals surface area contributed by atoms with Gasteiger partial charge in [-0.2, -0.15) is 5.10 Å². The van der Waals surface area contributed by atoms with Crippen LogP contribution in [0.2, 0.25) is 0 Å². The molecule has 1 amide bonds. The third-order valence-corrected chi connectivity index (χ3v) is 3.50. The molecule has 0 saturated heterocycles. The zero-order valence-corrected chi connectivity index (χ0v) is 11.9. The van der Waals surface area contributed by atoms with Crippen LogP contribution in [0.1, 0.15) is 50.8 Å². The molecular weight excluding hydrogens is 228 g/mol. The minimum atomic E-state index is -0.209. The normalized spacial score (nSPS) is 13.4. The molecule has 0 spiro atoms. The molecule has 0 aromatic carbocycles. The van der Waals surface area contributed by atoms with Crippen molar-refractivity contribution in [3.8, 4) is 0 Å². The number of carbonyl (C=O) groups is 1. The van der Waals surface area contributed by atoms with Crippen molar-refractivity contribution < 1.29 is 4.79 Å². The highest BCUT2D eigenvalue weighted by Gasteiger charge is 2.22. The van der Waals surface area contributed by atoms with E-state index in [2.05, 4.69) is 43.2 Å². The summed E-state index contributed by atoms with van der Waals surface area (Å²) in [4.78, 5) is 12.0. The van der Waals surface area contributed by atoms with Crippen molar-refractivity contribution in [1.82, 2.24) is 15.5 Å². The van der Waals surface area contributed by atoms with Gasteiger partial charge in [0.1, 0.15) is 0 Å². The molecule has 4 N–H and O–H groups in total. The number of aromatic nitrogens is 2. The summed E-state index contributed by atoms with van der Waals surface area (Å²) >= 11 is 0. The highest BCUT2D eigenvalue weighted by molar-refractivity contribution is 5.97. The lowest BCUT2D eigenvalue weighted by Crippen LogP contribution is -2.34. The van der Waals surface area contributed by atoms with Crippen molar-refractivity contribution in [2.24, 2.45) is 11.3 Å². The molecule has 1 rings (SSSR count). The first-order valence-electron chi connectivity index (χ1n) is 6.38. The van der Waals surface area contributed by atoms with Gasteiger partial charge in [0.2, 0.25) is 0 Å². The molecule has 1 heterocycles. The summed E-state index contributed by atoms with van der Waals surface area (Å²) < 4.78 is 0. The fourth-order valence-corrected chi connectivity index (χ4v) is 1.47. The first kappa shape index (κ1) is 14.5. The third kappa shape index (κ3) is 3.24. The fourth-order valence-electron chi connectivity index (χ4n) is 1.47. The van der Waals surface area contributed by atoms with Gasteiger partial charge in [-0.25, -0.2) is 0 Å². The van der Waals surface area contributed by atoms with Crippen molar-refractivity contribution in [1.29, 1.82) is 0 Å². The zero-order valence-electron chi connectivity index (χ0n) is 11.9. The number of hydrogen-bond acceptors (Lipinski definition) is 3. The van der Waals surface area contributed by atoms with Gasteiger partial charge < -0.3 is 11.1 Å². The predicted octanol–water partition coefficient (Wildman–Crippen LogP) is 1.97. The van der Waals surface area contributed by atoms with E-state index in [0.717, 1.165) is 12.1 Å². The Balaban J connectivity index is 2.64. The monoisotopic (exact) mass is 252 g/mol. The number of rotatable bonds is 4. The van der Waals surface area contributed by atoms with E-state index in [1.807, 2.05) is 6.92 Å². The van der Waals surface area contributed by atoms with Crippen LogP contribution in [0.15, 0.2) is 0 Å². The number of carbonyl (C=O) groups excluding carboxylic acids is 1. The lowest BCUT2D eigenvalue weighted by Gasteiger charge is -2.27. The van der Waals surface area contributed by atoms with E-state index in [4.69, 9.17) is 5.73 Å². The molecule has 0 fully saturated rings. The molecule has 0 aliphatic heterocycles. The standard InChI is InChI=1S/C13H24N4O/c1-6-9-10(14)11(17-16-9)12(18)15-7-8(2)13(3,4)5/h8H,6-7,14H2,1-5H3,(H,15,18)(H,16,17). The Morgan fingerprint density at radius 1 is 1.50 bits per heavy atom. The summed E-state index contributed by atoms with van der Waals surface area (Å²) in [7, 11) is 0. The molecule has 1 atom stereocenters. The van der Waals surface area contributed by atoms with Gasteiger partial charge >= 0.3 is 0 Å². The second kappa shape index (κ2) is 5.42. The van der Waals surface area contributed by atoms with E-state index in [9.17, 15) is 4.79 Å². The van der Waals surface area contributed by atoms with Crippen LogP contribution in [0.3, 0.4) is 0 Å². The minimum absolute atomic E-state index is 0.166. The fraction of sp³-hybridized carbons (Fsp3) is 0.692. The Hall–Kier alpha value is -1.52. The smallest absolute Gasteiger partial charge is 0.273 e. The van der Waals surface area contributed by atoms with E-state index < -0.39 is 0 Å². The average Bonchev–Trinajstić information content (AvgIpc) is 2.65. The molecule has 0 bridgehead atoms. The number of aryl methyl sites for hydroxylation is 1. The van der Waals surface area contributed by atoms with Crippen LogP contribution in [0.5, 0.6) is 0 Å². The van der Waals surface area contributed by atoms with Gasteiger partial charge in [-0.3, -0.25) is 9.89 Å². The Kier molecular flexibility index (Phi) is 4.38. The molecular formula is C13H24N4O. The number of aromatic amines is 1. The number of anilines is 1. The van der Waals surface area contributed by atoms with Crippen LogP contribution in [-0.2, 0) is 6.42 Å². The molecule has 0 radical (unpaired) electrons. The number of amides is 1. The molecule has 0 aliphatic carbocycles. The van der Waals surface area contributed by atoms with E-state index in [1.54, 1.807) is 0 Å². The van der Waals surface area contributed by atoms with Crippen molar-refractivity contribution >= 4 is 11.6 Å². The van der Waals surface area contributed by atoms with Gasteiger partial charge in [0.05, 0.1) is 11.4 Å². The van der Waals surface area contributed by atoms with Crippen LogP contribution < -0.4 is 11.1 Å². The molecule has 1 aromatic rings. The van der Waals surface area contributed by atoms with Crippen LogP contribution in [0, 0.1) is 11.3 Å². The molecule has 1 unspecified atom stereocenters. The number of nitrogens with one attached hydrogen (secondary N) is 2. The molecule has 1 aromatic heterocycles. The summed E-state index contributed by atoms with van der Waals surface area (Å²) in [5.41, 5.74) is 7.58. The SMILES string of the molecule is CCc1[nH]nc(C(=O)NCC(C)C(C)(C)C)c1N. The maximum atomic E-state index is 12.0. The van der Waals surface area contributed by atoms with Crippen LogP contribution in [0.4, 0.5) is 5.69 Å². The van der Waals surface area contributed by atoms with Crippen LogP contribution >= 0.6 is 0 Å². The molecule has 5 heteroatoms. The second-order valence-corrected chi connectivity index (χ2v) is 5.80. The average molecular weight is 252 g/mol. The Morgan fingerprint density at radius 2 is 2.11 bits per heavy atom. The summed E-state index contributed by atoms with van der Waals surface area (Å²) in [6, 6.07) is 0. The maximum absolute atomic E-state index is 12.0. The number of H-pyrrole nitrogens is 1. The van der Waals surface area contributed by atoms with Crippen molar-refractivity contribution in [3.05, 3.63) is 11.4 Å². The Bertz CT molecular complexity index is 417. The van der Waals surface area contributed by atoms with Crippen molar-refractivity contribution in [2.75, 3.05) is 12.3 Å². The highest BCUT2D eigenvalue weighted by atomic mass is 16.1. The van der Waals surface area contributed by atoms with Gasteiger partial charge in [0, 0.05) is 6.54 Å². The minimum Gasteiger partial charge on any atom is -0.395 e. The van der Waals surface area contributed by atoms with E-state index in [-0.39, 0.29) is 11.3 Å². The zero-order chi connectivity index (χ0) is 13.9. The Labute approximate surface area is 109 Å². The third-order valence-electron chi connectivity index (χ3n) is 3.50. The lowest BCUT2D eigenvalue weighted by molar-refractivity contribution is 0.0933. The topological polar surface area (TPSA) is 83.8 Å². The maximum Gasteiger partial charge on any atom is 0.273 e. The number of nitrogens with zero attached hydrogens (tertiary/aromatic N) is 1. The summed E-state index contributed by atoms with van der Waals surface area (Å²) in [6.07, 6.45) is 0.741. The molecule has 5 nitrogen and oxygen atoms in total. The quantitative estimate of drug-likeness (QED) is 0.766. The van der Waals surface area contributed by atoms with Gasteiger partial charge in [-0.15, -0.1) is 0 Å². The number of nitrogens with two attached hydrogens (primary N) is 1. The summed E-state index contributed by atoms with van der Waals surface area (Å²) in [5, 5.41) is 9.63. The highest BCUT2D eigenvalue weighted by Crippen LogP contribution is 2.24. The molecule has 0 saturated carbocycles. The van der Waals surface area contributed by atoms with Crippen LogP contribution in [-0.4, -0.2) is 22.6 Å². The molecule has 102 valence electrons. The summed E-state index contributed by atoms with van der Waals surface area (Å²) in [6.45, 7) is 11.2. The first-order valence-corrected chi connectivity index (χ1v) is 6.38. The summed E-state index contributed by atoms with van der Waals surface area (Å²) in [5.74, 6) is 0.173. The van der Waals surface area contributed by atoms with Crippen molar-refractivity contribution in [2.45, 2.75) is 41.0 Å². The van der Waals surface area contributed by atoms with E-state index in [0.29, 0.717) is 23.8 Å². The van der Waals surface area contributed by atoms with Gasteiger partial charge in [0.15, 0.2) is 5.69 Å². The second-order valence-electron chi connectivity index (χ2n) is 5.80. The number of nitrogen functional groups attached to an aromatic ring is 1. The lowest BCUT2D eigenvalue weighted by atomic mass is 9.82. The number of hydrogen-bond donors (Lipinski definition) is 3. The predicted molar refractivity (Wildman–Crippen MR) is 73.3 cm³/mol. The molecule has 18 heavy (non-hydrogen) atoms. The van der Waals surface area contributed by atoms with Gasteiger partial charge in [0.25, 0.3) is 5.91 Å². The molecule has 0 aliphatic rings. The van der Waals surface area contributed by atoms with Crippen molar-refractivity contribution in [3.63, 3.8) is 0 Å². The Morgan fingerprint density at radius 3 is 2.56 bits per heavy atom. The first-order chi connectivity index (χ1) is 8.27. The van der Waals surface area contributed by atoms with Crippen LogP contribution in [0.25, 0.3) is 0 Å². The van der Waals surface area contributed by atoms with E-state index >= 15 is 0 Å². The largest absolute Gasteiger partial charge is 0.395 e. The van der Waals surface area contributed by atoms with Gasteiger partial charge in [-0.05, 0) is 17.8 Å². The van der Waals surface area contributed by atoms with E-state index in [1.165, 1.54) is 0 Å². The van der Waals surface area contributed by atoms with Gasteiger partial charge in [-0.1, -0.05) is 34.6 Å².